The summed E-state index contributed by atoms with van der Waals surface area (Å²) >= 11 is 7.56. The molecule has 2 aliphatic rings. The van der Waals surface area contributed by atoms with Gasteiger partial charge in [0.15, 0.2) is 0 Å². The minimum absolute atomic E-state index is 0.209. The van der Waals surface area contributed by atoms with Gasteiger partial charge >= 0.3 is 11.2 Å². The van der Waals surface area contributed by atoms with Crippen LogP contribution in [0, 0.1) is 0 Å². The maximum atomic E-state index is 12.8. The van der Waals surface area contributed by atoms with Gasteiger partial charge in [-0.3, -0.25) is 14.6 Å². The highest BCUT2D eigenvalue weighted by Gasteiger charge is 2.52. The minimum atomic E-state index is -0.512. The van der Waals surface area contributed by atoms with Crippen molar-refractivity contribution in [3.8, 4) is 0 Å². The summed E-state index contributed by atoms with van der Waals surface area (Å²) in [5.74, 6) is 1.05. The van der Waals surface area contributed by atoms with Gasteiger partial charge in [-0.25, -0.2) is 9.37 Å². The predicted molar refractivity (Wildman–Crippen MR) is 114 cm³/mol. The Morgan fingerprint density at radius 3 is 2.50 bits per heavy atom. The number of aliphatic imine (C=N–C) groups is 1. The van der Waals surface area contributed by atoms with Gasteiger partial charge in [0.2, 0.25) is 0 Å². The van der Waals surface area contributed by atoms with E-state index in [-0.39, 0.29) is 11.9 Å². The number of amides is 3. The first-order valence-electron chi connectivity index (χ1n) is 9.58. The Bertz CT molecular complexity index is 822. The van der Waals surface area contributed by atoms with Crippen molar-refractivity contribution in [2.24, 2.45) is 4.99 Å². The van der Waals surface area contributed by atoms with Crippen LogP contribution in [0.25, 0.3) is 0 Å². The zero-order valence-electron chi connectivity index (χ0n) is 16.5. The summed E-state index contributed by atoms with van der Waals surface area (Å²) in [6, 6.07) is 6.87. The normalized spacial score (nSPS) is 19.4. The summed E-state index contributed by atoms with van der Waals surface area (Å²) in [5.41, 5.74) is 1.13. The van der Waals surface area contributed by atoms with Gasteiger partial charge in [0.1, 0.15) is 0 Å². The highest BCUT2D eigenvalue weighted by molar-refractivity contribution is 8.13. The molecule has 0 N–H and O–H groups in total. The molecule has 1 aromatic carbocycles. The van der Waals surface area contributed by atoms with Crippen molar-refractivity contribution in [3.63, 3.8) is 0 Å². The molecule has 1 fully saturated rings. The van der Waals surface area contributed by atoms with Crippen LogP contribution in [0.1, 0.15) is 38.2 Å². The molecule has 2 aliphatic heterocycles. The zero-order valence-corrected chi connectivity index (χ0v) is 18.1. The van der Waals surface area contributed by atoms with E-state index in [2.05, 4.69) is 11.5 Å². The molecule has 6 nitrogen and oxygen atoms in total. The smallest absolute Gasteiger partial charge is 0.269 e. The van der Waals surface area contributed by atoms with Crippen LogP contribution in [0.4, 0.5) is 4.79 Å². The van der Waals surface area contributed by atoms with Crippen LogP contribution < -0.4 is 0 Å². The second kappa shape index (κ2) is 9.09. The summed E-state index contributed by atoms with van der Waals surface area (Å²) in [7, 11) is 3.21. The maximum absolute atomic E-state index is 12.8. The fourth-order valence-electron chi connectivity index (χ4n) is 3.35. The first-order valence-corrected chi connectivity index (χ1v) is 10.9. The number of halogens is 1. The predicted octanol–water partition coefficient (Wildman–Crippen LogP) is 3.83. The molecule has 0 bridgehead atoms. The van der Waals surface area contributed by atoms with E-state index in [0.29, 0.717) is 10.9 Å². The summed E-state index contributed by atoms with van der Waals surface area (Å²) in [6.45, 7) is 2.93. The number of imide groups is 1. The number of urea groups is 1. The molecule has 150 valence electrons. The number of fused-ring (bicyclic) bond motifs is 1. The van der Waals surface area contributed by atoms with Crippen molar-refractivity contribution in [2.75, 3.05) is 20.6 Å². The summed E-state index contributed by atoms with van der Waals surface area (Å²) in [5, 5.41) is 1.51. The molecule has 1 saturated heterocycles. The SMILES string of the molecule is CCCCCC[N+]1=C(SCc2ccc(Cl)cc2)N=C2C1C(=O)N(C)C(=O)N2C. The second-order valence-electron chi connectivity index (χ2n) is 7.06. The number of rotatable bonds is 7. The molecule has 0 aliphatic carbocycles. The molecule has 0 spiro atoms. The van der Waals surface area contributed by atoms with Gasteiger partial charge in [0.05, 0.1) is 6.54 Å². The average Bonchev–Trinajstić information content (AvgIpc) is 3.06. The van der Waals surface area contributed by atoms with E-state index in [9.17, 15) is 9.59 Å². The lowest BCUT2D eigenvalue weighted by molar-refractivity contribution is -0.533. The molecule has 3 rings (SSSR count). The van der Waals surface area contributed by atoms with E-state index in [1.165, 1.54) is 23.3 Å². The third-order valence-electron chi connectivity index (χ3n) is 5.03. The van der Waals surface area contributed by atoms with Gasteiger partial charge in [-0.1, -0.05) is 43.5 Å². The Hall–Kier alpha value is -1.86. The Morgan fingerprint density at radius 1 is 1.11 bits per heavy atom. The number of unbranched alkanes of at least 4 members (excludes halogenated alkanes) is 3. The number of hydrogen-bond donors (Lipinski definition) is 0. The van der Waals surface area contributed by atoms with Gasteiger partial charge in [-0.05, 0) is 47.3 Å². The highest BCUT2D eigenvalue weighted by Crippen LogP contribution is 2.25. The number of amidine groups is 2. The number of benzene rings is 1. The monoisotopic (exact) mass is 421 g/mol. The molecule has 8 heteroatoms. The van der Waals surface area contributed by atoms with Crippen LogP contribution in [0.15, 0.2) is 29.3 Å². The van der Waals surface area contributed by atoms with E-state index in [4.69, 9.17) is 16.6 Å². The van der Waals surface area contributed by atoms with Gasteiger partial charge in [-0.2, -0.15) is 0 Å². The zero-order chi connectivity index (χ0) is 20.3. The average molecular weight is 422 g/mol. The van der Waals surface area contributed by atoms with E-state index in [1.54, 1.807) is 18.8 Å². The van der Waals surface area contributed by atoms with Crippen molar-refractivity contribution in [1.82, 2.24) is 9.80 Å². The molecule has 0 aromatic heterocycles. The van der Waals surface area contributed by atoms with E-state index >= 15 is 0 Å². The van der Waals surface area contributed by atoms with Crippen LogP contribution in [0.5, 0.6) is 0 Å². The van der Waals surface area contributed by atoms with E-state index in [1.807, 2.05) is 24.3 Å². The molecule has 1 unspecified atom stereocenters. The molecule has 0 radical (unpaired) electrons. The summed E-state index contributed by atoms with van der Waals surface area (Å²) in [4.78, 5) is 32.5. The fraction of sp³-hybridized carbons (Fsp3) is 0.500. The molecule has 3 amide bonds. The third kappa shape index (κ3) is 4.25. The first kappa shape index (κ1) is 20.9. The summed E-state index contributed by atoms with van der Waals surface area (Å²) in [6.07, 6.45) is 4.44. The molecule has 0 saturated carbocycles. The van der Waals surface area contributed by atoms with Gasteiger partial charge in [-0.15, -0.1) is 0 Å². The van der Waals surface area contributed by atoms with Crippen molar-refractivity contribution in [2.45, 2.75) is 44.4 Å². The van der Waals surface area contributed by atoms with Gasteiger partial charge in [0, 0.05) is 24.9 Å². The van der Waals surface area contributed by atoms with Crippen molar-refractivity contribution >= 4 is 46.3 Å². The van der Waals surface area contributed by atoms with E-state index < -0.39 is 6.04 Å². The standard InChI is InChI=1S/C20H26ClN4O2S/c1-4-5-6-7-12-25-16-17(23(2)20(27)24(3)18(16)26)22-19(25)28-13-14-8-10-15(21)11-9-14/h8-11,16H,4-7,12-13H2,1-3H3/q+1. The van der Waals surface area contributed by atoms with Gasteiger partial charge in [0.25, 0.3) is 17.8 Å². The quantitative estimate of drug-likeness (QED) is 0.496. The largest absolute Gasteiger partial charge is 0.358 e. The Kier molecular flexibility index (Phi) is 6.78. The lowest BCUT2D eigenvalue weighted by Gasteiger charge is -2.30. The fourth-order valence-corrected chi connectivity index (χ4v) is 4.49. The lowest BCUT2D eigenvalue weighted by atomic mass is 10.1. The summed E-state index contributed by atoms with van der Waals surface area (Å²) < 4.78 is 2.06. The number of likely N-dealkylation sites (N-methyl/N-ethyl adjacent to an activating group) is 2. The van der Waals surface area contributed by atoms with Crippen molar-refractivity contribution in [3.05, 3.63) is 34.9 Å². The van der Waals surface area contributed by atoms with Crippen LogP contribution >= 0.6 is 23.4 Å². The Balaban J connectivity index is 1.83. The van der Waals surface area contributed by atoms with Crippen LogP contribution in [0.3, 0.4) is 0 Å². The van der Waals surface area contributed by atoms with Crippen LogP contribution in [-0.4, -0.2) is 64.0 Å². The molecule has 1 atom stereocenters. The minimum Gasteiger partial charge on any atom is -0.269 e. The maximum Gasteiger partial charge on any atom is 0.358 e. The number of hydrogen-bond acceptors (Lipinski definition) is 4. The number of carbonyl (C=O) groups is 2. The Labute approximate surface area is 175 Å². The highest BCUT2D eigenvalue weighted by atomic mass is 35.5. The van der Waals surface area contributed by atoms with Crippen molar-refractivity contribution < 1.29 is 14.2 Å². The second-order valence-corrected chi connectivity index (χ2v) is 8.44. The first-order chi connectivity index (χ1) is 13.4. The van der Waals surface area contributed by atoms with Gasteiger partial charge < -0.3 is 0 Å². The van der Waals surface area contributed by atoms with Crippen LogP contribution in [0.2, 0.25) is 5.02 Å². The molecule has 2 heterocycles. The number of nitrogens with zero attached hydrogens (tertiary/aromatic N) is 4. The molecule has 28 heavy (non-hydrogen) atoms. The molecular weight excluding hydrogens is 396 g/mol. The Morgan fingerprint density at radius 2 is 1.82 bits per heavy atom. The third-order valence-corrected chi connectivity index (χ3v) is 6.34. The van der Waals surface area contributed by atoms with Crippen LogP contribution in [-0.2, 0) is 10.5 Å². The molecule has 1 aromatic rings. The number of thioether (sulfide) groups is 1. The van der Waals surface area contributed by atoms with Crippen molar-refractivity contribution in [1.29, 1.82) is 0 Å². The lowest BCUT2D eigenvalue weighted by Crippen LogP contribution is -2.61. The number of carbonyl (C=O) groups excluding carboxylic acids is 2. The topological polar surface area (TPSA) is 56.0 Å². The van der Waals surface area contributed by atoms with E-state index in [0.717, 1.165) is 42.3 Å². The molecular formula is C20H26ClN4O2S+.